The van der Waals surface area contributed by atoms with Crippen LogP contribution in [0.15, 0.2) is 41.3 Å². The Labute approximate surface area is 157 Å². The number of rotatable bonds is 2. The van der Waals surface area contributed by atoms with Crippen molar-refractivity contribution < 1.29 is 23.1 Å². The van der Waals surface area contributed by atoms with Crippen molar-refractivity contribution >= 4 is 33.3 Å². The summed E-state index contributed by atoms with van der Waals surface area (Å²) in [4.78, 5) is 30.9. The number of carbonyl (C=O) groups excluding carboxylic acids is 1. The summed E-state index contributed by atoms with van der Waals surface area (Å²) in [6.45, 7) is 3.32. The molecule has 27 heavy (non-hydrogen) atoms. The predicted molar refractivity (Wildman–Crippen MR) is 101 cm³/mol. The Morgan fingerprint density at radius 1 is 1.15 bits per heavy atom. The maximum absolute atomic E-state index is 12.0. The number of fused-ring (bicyclic) bond motifs is 1. The lowest BCUT2D eigenvalue weighted by Crippen LogP contribution is -2.51. The van der Waals surface area contributed by atoms with E-state index in [1.54, 1.807) is 31.2 Å². The number of sulfone groups is 1. The molecule has 1 aromatic heterocycles. The Balaban J connectivity index is 2.10. The average Bonchev–Trinajstić information content (AvgIpc) is 2.59. The first kappa shape index (κ1) is 18.8. The highest BCUT2D eigenvalue weighted by Crippen LogP contribution is 2.36. The molecule has 2 heterocycles. The van der Waals surface area contributed by atoms with Crippen LogP contribution in [-0.2, 0) is 14.6 Å². The molecule has 1 aliphatic rings. The van der Waals surface area contributed by atoms with Crippen LogP contribution in [0.2, 0.25) is 0 Å². The predicted octanol–water partition coefficient (Wildman–Crippen LogP) is 2.39. The van der Waals surface area contributed by atoms with E-state index >= 15 is 0 Å². The molecule has 0 fully saturated rings. The molecule has 1 aromatic carbocycles. The Hall–Kier alpha value is -2.94. The van der Waals surface area contributed by atoms with Crippen molar-refractivity contribution in [1.29, 1.82) is 0 Å². The summed E-state index contributed by atoms with van der Waals surface area (Å²) in [5, 5.41) is 9.53. The average molecular weight is 389 g/mol. The third kappa shape index (κ3) is 3.50. The van der Waals surface area contributed by atoms with Crippen LogP contribution >= 0.6 is 0 Å². The molecule has 2 amide bonds. The highest BCUT2D eigenvalue weighted by Gasteiger charge is 2.34. The van der Waals surface area contributed by atoms with E-state index in [2.05, 4.69) is 4.98 Å². The Bertz CT molecular complexity index is 1020. The smallest absolute Gasteiger partial charge is 0.413 e. The minimum atomic E-state index is -3.31. The number of carbonyl (C=O) groups is 2. The van der Waals surface area contributed by atoms with Crippen molar-refractivity contribution in [3.8, 4) is 11.3 Å². The molecular weight excluding hydrogens is 370 g/mol. The van der Waals surface area contributed by atoms with Crippen molar-refractivity contribution in [2.45, 2.75) is 24.8 Å². The quantitative estimate of drug-likeness (QED) is 0.845. The van der Waals surface area contributed by atoms with Crippen LogP contribution in [-0.4, -0.2) is 49.4 Å². The van der Waals surface area contributed by atoms with Gasteiger partial charge in [0.1, 0.15) is 0 Å². The first-order chi connectivity index (χ1) is 12.6. The second kappa shape index (κ2) is 6.66. The van der Waals surface area contributed by atoms with Gasteiger partial charge in [-0.3, -0.25) is 9.69 Å². The Kier molecular flexibility index (Phi) is 4.64. The van der Waals surface area contributed by atoms with Gasteiger partial charge in [-0.2, -0.15) is 0 Å². The van der Waals surface area contributed by atoms with Crippen molar-refractivity contribution in [1.82, 2.24) is 4.98 Å². The lowest BCUT2D eigenvalue weighted by molar-refractivity contribution is -0.117. The summed E-state index contributed by atoms with van der Waals surface area (Å²) < 4.78 is 23.2. The second-order valence-corrected chi connectivity index (χ2v) is 8.48. The van der Waals surface area contributed by atoms with E-state index in [1.165, 1.54) is 24.0 Å². The van der Waals surface area contributed by atoms with Gasteiger partial charge < -0.3 is 10.0 Å². The fourth-order valence-corrected chi connectivity index (χ4v) is 3.81. The SMILES string of the molecule is CC(=O)N1c2ccc(-c3ccc(S(C)(=O)=O)cc3)nc2N(C(=O)O)C[C@@H]1C. The van der Waals surface area contributed by atoms with Crippen molar-refractivity contribution in [3.05, 3.63) is 36.4 Å². The topological polar surface area (TPSA) is 108 Å². The van der Waals surface area contributed by atoms with E-state index in [-0.39, 0.29) is 29.2 Å². The van der Waals surface area contributed by atoms with E-state index in [1.807, 2.05) is 0 Å². The number of amides is 2. The van der Waals surface area contributed by atoms with Gasteiger partial charge in [0.15, 0.2) is 15.7 Å². The fourth-order valence-electron chi connectivity index (χ4n) is 3.18. The fraction of sp³-hybridized carbons (Fsp3) is 0.278. The van der Waals surface area contributed by atoms with E-state index < -0.39 is 15.9 Å². The molecule has 0 spiro atoms. The van der Waals surface area contributed by atoms with Gasteiger partial charge in [0, 0.05) is 18.7 Å². The molecular formula is C18H19N3O5S. The zero-order valence-corrected chi connectivity index (χ0v) is 15.9. The van der Waals surface area contributed by atoms with Gasteiger partial charge in [0.2, 0.25) is 5.91 Å². The summed E-state index contributed by atoms with van der Waals surface area (Å²) in [6.07, 6.45) is -0.0233. The first-order valence-corrected chi connectivity index (χ1v) is 10.1. The van der Waals surface area contributed by atoms with Gasteiger partial charge in [0.25, 0.3) is 0 Å². The van der Waals surface area contributed by atoms with Crippen LogP contribution in [0.3, 0.4) is 0 Å². The number of aromatic nitrogens is 1. The lowest BCUT2D eigenvalue weighted by Gasteiger charge is -2.38. The zero-order chi connectivity index (χ0) is 19.9. The second-order valence-electron chi connectivity index (χ2n) is 6.47. The third-order valence-electron chi connectivity index (χ3n) is 4.41. The minimum Gasteiger partial charge on any atom is -0.465 e. The largest absolute Gasteiger partial charge is 0.465 e. The Morgan fingerprint density at radius 2 is 1.78 bits per heavy atom. The highest BCUT2D eigenvalue weighted by molar-refractivity contribution is 7.90. The number of hydrogen-bond acceptors (Lipinski definition) is 5. The van der Waals surface area contributed by atoms with Crippen molar-refractivity contribution in [2.24, 2.45) is 0 Å². The molecule has 9 heteroatoms. The van der Waals surface area contributed by atoms with Gasteiger partial charge in [0.05, 0.1) is 28.9 Å². The molecule has 3 rings (SSSR count). The first-order valence-electron chi connectivity index (χ1n) is 8.21. The van der Waals surface area contributed by atoms with E-state index in [0.29, 0.717) is 16.9 Å². The molecule has 142 valence electrons. The zero-order valence-electron chi connectivity index (χ0n) is 15.1. The maximum atomic E-state index is 12.0. The molecule has 1 N–H and O–H groups in total. The normalized spacial score (nSPS) is 16.8. The van der Waals surface area contributed by atoms with Crippen LogP contribution in [0.25, 0.3) is 11.3 Å². The number of pyridine rings is 1. The summed E-state index contributed by atoms with van der Waals surface area (Å²) in [5.74, 6) is -0.0127. The Morgan fingerprint density at radius 3 is 2.30 bits per heavy atom. The summed E-state index contributed by atoms with van der Waals surface area (Å²) in [6, 6.07) is 9.22. The van der Waals surface area contributed by atoms with E-state index in [0.717, 1.165) is 11.2 Å². The van der Waals surface area contributed by atoms with Gasteiger partial charge in [-0.1, -0.05) is 12.1 Å². The van der Waals surface area contributed by atoms with Crippen LogP contribution in [0.5, 0.6) is 0 Å². The number of carboxylic acid groups (broad SMARTS) is 1. The maximum Gasteiger partial charge on any atom is 0.413 e. The number of nitrogens with zero attached hydrogens (tertiary/aromatic N) is 3. The van der Waals surface area contributed by atoms with Crippen molar-refractivity contribution in [2.75, 3.05) is 22.6 Å². The molecule has 0 radical (unpaired) electrons. The summed E-state index contributed by atoms with van der Waals surface area (Å²) in [7, 11) is -3.31. The third-order valence-corrected chi connectivity index (χ3v) is 5.53. The van der Waals surface area contributed by atoms with Gasteiger partial charge in [-0.15, -0.1) is 0 Å². The molecule has 0 aliphatic carbocycles. The standard InChI is InChI=1S/C18H19N3O5S/c1-11-10-20(18(23)24)17-16(21(11)12(2)22)9-8-15(19-17)13-4-6-14(7-5-13)27(3,25)26/h4-9,11H,10H2,1-3H3,(H,23,24)/t11-/m0/s1. The van der Waals surface area contributed by atoms with Gasteiger partial charge in [-0.05, 0) is 31.2 Å². The van der Waals surface area contributed by atoms with E-state index in [4.69, 9.17) is 0 Å². The molecule has 0 saturated carbocycles. The lowest BCUT2D eigenvalue weighted by atomic mass is 10.1. The molecule has 0 unspecified atom stereocenters. The van der Waals surface area contributed by atoms with E-state index in [9.17, 15) is 23.1 Å². The number of benzene rings is 1. The minimum absolute atomic E-state index is 0.116. The number of anilines is 2. The van der Waals surface area contributed by atoms with Crippen LogP contribution < -0.4 is 9.80 Å². The van der Waals surface area contributed by atoms with Crippen LogP contribution in [0.1, 0.15) is 13.8 Å². The van der Waals surface area contributed by atoms with Gasteiger partial charge >= 0.3 is 6.09 Å². The monoisotopic (exact) mass is 389 g/mol. The van der Waals surface area contributed by atoms with Gasteiger partial charge in [-0.25, -0.2) is 18.2 Å². The van der Waals surface area contributed by atoms with Crippen LogP contribution in [0, 0.1) is 0 Å². The molecule has 1 aliphatic heterocycles. The van der Waals surface area contributed by atoms with Crippen LogP contribution in [0.4, 0.5) is 16.3 Å². The summed E-state index contributed by atoms with van der Waals surface area (Å²) >= 11 is 0. The molecule has 1 atom stereocenters. The number of hydrogen-bond donors (Lipinski definition) is 1. The molecule has 0 bridgehead atoms. The molecule has 2 aromatic rings. The summed E-state index contributed by atoms with van der Waals surface area (Å²) in [5.41, 5.74) is 1.56. The molecule has 0 saturated heterocycles. The highest BCUT2D eigenvalue weighted by atomic mass is 32.2. The molecule has 8 nitrogen and oxygen atoms in total. The van der Waals surface area contributed by atoms with Crippen molar-refractivity contribution in [3.63, 3.8) is 0 Å².